The highest BCUT2D eigenvalue weighted by Crippen LogP contribution is 2.51. The highest BCUT2D eigenvalue weighted by Gasteiger charge is 2.45. The third-order valence-electron chi connectivity index (χ3n) is 18.3. The first-order valence-corrected chi connectivity index (χ1v) is 31.0. The van der Waals surface area contributed by atoms with Crippen LogP contribution < -0.4 is 31.1 Å². The summed E-state index contributed by atoms with van der Waals surface area (Å²) in [5, 5.41) is 2.26. The Morgan fingerprint density at radius 1 is 0.322 bits per heavy atom. The molecule has 1 aromatic heterocycles. The number of hydrogen-bond acceptors (Lipinski definition) is 4. The molecule has 0 aliphatic carbocycles. The molecule has 5 heteroatoms. The van der Waals surface area contributed by atoms with Gasteiger partial charge < -0.3 is 19.1 Å². The van der Waals surface area contributed by atoms with E-state index in [0.717, 1.165) is 67.2 Å². The van der Waals surface area contributed by atoms with Crippen molar-refractivity contribution in [2.24, 2.45) is 0 Å². The molecule has 0 saturated heterocycles. The first-order valence-electron chi connectivity index (χ1n) is 31.0. The third-order valence-corrected chi connectivity index (χ3v) is 18.3. The van der Waals surface area contributed by atoms with E-state index >= 15 is 0 Å². The van der Waals surface area contributed by atoms with E-state index in [1.807, 2.05) is 6.07 Å². The summed E-state index contributed by atoms with van der Waals surface area (Å²) in [5.41, 5.74) is 27.6. The maximum Gasteiger partial charge on any atom is 0.252 e. The van der Waals surface area contributed by atoms with Crippen molar-refractivity contribution in [3.8, 4) is 33.4 Å². The molecule has 428 valence electrons. The van der Waals surface area contributed by atoms with Gasteiger partial charge in [-0.05, 0) is 167 Å². The number of hydrogen-bond donors (Lipinski definition) is 0. The largest absolute Gasteiger partial charge is 0.455 e. The Hall–Kier alpha value is -9.32. The van der Waals surface area contributed by atoms with Gasteiger partial charge in [0.05, 0.1) is 5.69 Å². The van der Waals surface area contributed by atoms with E-state index in [1.54, 1.807) is 0 Å². The zero-order chi connectivity index (χ0) is 60.3. The minimum absolute atomic E-state index is 0.00227. The molecule has 87 heavy (non-hydrogen) atoms. The van der Waals surface area contributed by atoms with Crippen LogP contribution in [0.2, 0.25) is 0 Å². The summed E-state index contributed by atoms with van der Waals surface area (Å²) in [7, 11) is 0. The van der Waals surface area contributed by atoms with Crippen LogP contribution in [0.3, 0.4) is 0 Å². The maximum atomic E-state index is 6.63. The molecule has 0 N–H and O–H groups in total. The summed E-state index contributed by atoms with van der Waals surface area (Å²) < 4.78 is 6.63. The molecule has 0 spiro atoms. The molecule has 0 atom stereocenters. The third kappa shape index (κ3) is 9.82. The zero-order valence-electron chi connectivity index (χ0n) is 52.4. The second-order valence-electron chi connectivity index (χ2n) is 28.3. The van der Waals surface area contributed by atoms with Crippen molar-refractivity contribution in [1.29, 1.82) is 0 Å². The average Bonchev–Trinajstić information content (AvgIpc) is 1.14. The first-order chi connectivity index (χ1) is 41.7. The van der Waals surface area contributed by atoms with Crippen molar-refractivity contribution in [3.63, 3.8) is 0 Å². The Bertz CT molecular complexity index is 4530. The van der Waals surface area contributed by atoms with Crippen LogP contribution in [0.25, 0.3) is 55.3 Å². The Balaban J connectivity index is 1.05. The number of para-hydroxylation sites is 2. The summed E-state index contributed by atoms with van der Waals surface area (Å²) in [5.74, 6) is 0. The Kier molecular flexibility index (Phi) is 13.2. The minimum atomic E-state index is -0.222. The van der Waals surface area contributed by atoms with Gasteiger partial charge in [-0.2, -0.15) is 0 Å². The summed E-state index contributed by atoms with van der Waals surface area (Å²) in [6.07, 6.45) is 0. The molecular formula is C82H76BN3O. The van der Waals surface area contributed by atoms with Gasteiger partial charge in [-0.1, -0.05) is 241 Å². The minimum Gasteiger partial charge on any atom is -0.455 e. The Morgan fingerprint density at radius 2 is 0.839 bits per heavy atom. The topological polar surface area (TPSA) is 22.9 Å². The molecule has 0 saturated carbocycles. The fourth-order valence-electron chi connectivity index (χ4n) is 13.4. The summed E-state index contributed by atoms with van der Waals surface area (Å²) in [6, 6.07) is 91.4. The van der Waals surface area contributed by atoms with Crippen LogP contribution in [0.15, 0.2) is 247 Å². The average molecular weight is 1130 g/mol. The number of fused-ring (bicyclic) bond motifs is 7. The lowest BCUT2D eigenvalue weighted by Gasteiger charge is -2.46. The quantitative estimate of drug-likeness (QED) is 0.141. The van der Waals surface area contributed by atoms with Crippen molar-refractivity contribution >= 4 is 96.2 Å². The van der Waals surface area contributed by atoms with Crippen molar-refractivity contribution < 1.29 is 4.42 Å². The SMILES string of the molecule is CC(C)(C)c1ccc(N(c2ccc(C(C)(C)C)cc2)c2ccc3c(c2)N(c2ccc(C(C)(C)C)cc2-c2ccccc2)c2cc(C(C)(C)C)cc4c2B3c2cc(-c3ccccc3)ccc2N4c2ccc(-c3cccc4c3oc3ccccc34)cc2)cc1. The van der Waals surface area contributed by atoms with Crippen LogP contribution in [0.4, 0.5) is 51.2 Å². The predicted molar refractivity (Wildman–Crippen MR) is 374 cm³/mol. The molecule has 3 heterocycles. The fraction of sp³-hybridized carbons (Fsp3) is 0.195. The number of benzene rings is 11. The summed E-state index contributed by atoms with van der Waals surface area (Å²) in [4.78, 5) is 7.67. The van der Waals surface area contributed by atoms with Gasteiger partial charge in [-0.25, -0.2) is 0 Å². The van der Waals surface area contributed by atoms with E-state index in [1.165, 1.54) is 78.0 Å². The lowest BCUT2D eigenvalue weighted by Crippen LogP contribution is -2.61. The molecule has 0 unspecified atom stereocenters. The van der Waals surface area contributed by atoms with E-state index in [2.05, 4.69) is 334 Å². The lowest BCUT2D eigenvalue weighted by molar-refractivity contribution is 0.590. The Morgan fingerprint density at radius 3 is 1.46 bits per heavy atom. The standard InChI is InChI=1S/C82H76BN3O/c1-79(2,3)57-33-40-61(41-34-57)84(62-42-35-58(36-43-62)80(4,5)6)64-44-45-69-73(52-64)86(71-47-37-59(81(7,8)9)49-68(71)54-24-17-14-18-25-54)75-51-60(82(10,11)12)50-74-77(75)83(69)70-48-56(53-22-15-13-16-23-53)32-46-72(70)85(74)63-38-30-55(31-39-63)65-27-21-28-67-66-26-19-20-29-76(66)87-78(65)67/h13-52H,1-12H3. The molecule has 2 aliphatic rings. The second-order valence-corrected chi connectivity index (χ2v) is 28.3. The van der Waals surface area contributed by atoms with Gasteiger partial charge in [0.15, 0.2) is 0 Å². The Labute approximate surface area is 515 Å². The molecule has 0 fully saturated rings. The monoisotopic (exact) mass is 1130 g/mol. The van der Waals surface area contributed by atoms with Crippen LogP contribution in [0.1, 0.15) is 105 Å². The maximum absolute atomic E-state index is 6.63. The molecular weight excluding hydrogens is 1050 g/mol. The van der Waals surface area contributed by atoms with Crippen molar-refractivity contribution in [2.45, 2.75) is 105 Å². The van der Waals surface area contributed by atoms with Gasteiger partial charge in [-0.15, -0.1) is 0 Å². The van der Waals surface area contributed by atoms with Gasteiger partial charge in [0.2, 0.25) is 0 Å². The highest BCUT2D eigenvalue weighted by molar-refractivity contribution is 7.00. The van der Waals surface area contributed by atoms with Crippen molar-refractivity contribution in [1.82, 2.24) is 0 Å². The van der Waals surface area contributed by atoms with Crippen LogP contribution in [0.5, 0.6) is 0 Å². The summed E-state index contributed by atoms with van der Waals surface area (Å²) in [6.45, 7) is 27.7. The zero-order valence-corrected chi connectivity index (χ0v) is 52.4. The second kappa shape index (κ2) is 20.7. The fourth-order valence-corrected chi connectivity index (χ4v) is 13.4. The molecule has 12 aromatic rings. The number of rotatable bonds is 8. The molecule has 0 amide bonds. The van der Waals surface area contributed by atoms with Gasteiger partial charge in [0.25, 0.3) is 6.71 Å². The number of nitrogens with zero attached hydrogens (tertiary/aromatic N) is 3. The highest BCUT2D eigenvalue weighted by atomic mass is 16.3. The molecule has 0 radical (unpaired) electrons. The number of furan rings is 1. The molecule has 2 aliphatic heterocycles. The molecule has 11 aromatic carbocycles. The molecule has 4 nitrogen and oxygen atoms in total. The number of anilines is 9. The van der Waals surface area contributed by atoms with E-state index in [-0.39, 0.29) is 28.4 Å². The predicted octanol–water partition coefficient (Wildman–Crippen LogP) is 21.3. The van der Waals surface area contributed by atoms with Crippen molar-refractivity contribution in [2.75, 3.05) is 14.7 Å². The molecule has 14 rings (SSSR count). The molecule has 0 bridgehead atoms. The summed E-state index contributed by atoms with van der Waals surface area (Å²) >= 11 is 0. The van der Waals surface area contributed by atoms with E-state index in [0.29, 0.717) is 0 Å². The van der Waals surface area contributed by atoms with Crippen LogP contribution in [-0.2, 0) is 21.7 Å². The van der Waals surface area contributed by atoms with Crippen molar-refractivity contribution in [3.05, 3.63) is 265 Å². The van der Waals surface area contributed by atoms with Gasteiger partial charge in [-0.3, -0.25) is 0 Å². The van der Waals surface area contributed by atoms with Gasteiger partial charge >= 0.3 is 0 Å². The smallest absolute Gasteiger partial charge is 0.252 e. The van der Waals surface area contributed by atoms with Crippen LogP contribution in [-0.4, -0.2) is 6.71 Å². The van der Waals surface area contributed by atoms with E-state index < -0.39 is 0 Å². The van der Waals surface area contributed by atoms with E-state index in [9.17, 15) is 0 Å². The van der Waals surface area contributed by atoms with Gasteiger partial charge in [0, 0.05) is 67.4 Å². The first kappa shape index (κ1) is 55.6. The van der Waals surface area contributed by atoms with Gasteiger partial charge in [0.1, 0.15) is 11.2 Å². The van der Waals surface area contributed by atoms with Crippen LogP contribution >= 0.6 is 0 Å². The van der Waals surface area contributed by atoms with Crippen LogP contribution in [0, 0.1) is 0 Å². The normalized spacial score (nSPS) is 13.2. The lowest BCUT2D eigenvalue weighted by atomic mass is 9.33. The van der Waals surface area contributed by atoms with E-state index in [4.69, 9.17) is 4.42 Å².